The first kappa shape index (κ1) is 32.3. The fraction of sp³-hybridized carbons (Fsp3) is 0. The molecular formula is C52H35N3. The second-order valence-electron chi connectivity index (χ2n) is 13.9. The van der Waals surface area contributed by atoms with E-state index in [1.54, 1.807) is 0 Å². The lowest BCUT2D eigenvalue weighted by atomic mass is 10.0. The predicted octanol–water partition coefficient (Wildman–Crippen LogP) is 13.6. The third kappa shape index (κ3) is 6.18. The van der Waals surface area contributed by atoms with Crippen LogP contribution in [0.4, 0.5) is 0 Å². The largest absolute Gasteiger partial charge is 0.309 e. The molecule has 0 saturated carbocycles. The van der Waals surface area contributed by atoms with Crippen LogP contribution in [0, 0.1) is 0 Å². The van der Waals surface area contributed by atoms with Gasteiger partial charge in [0.05, 0.1) is 22.4 Å². The third-order valence-electron chi connectivity index (χ3n) is 10.4. The summed E-state index contributed by atoms with van der Waals surface area (Å²) in [5, 5.41) is 2.43. The van der Waals surface area contributed by atoms with Crippen molar-refractivity contribution in [2.24, 2.45) is 0 Å². The van der Waals surface area contributed by atoms with Gasteiger partial charge >= 0.3 is 0 Å². The van der Waals surface area contributed by atoms with Crippen LogP contribution in [0.3, 0.4) is 0 Å². The molecule has 0 bridgehead atoms. The summed E-state index contributed by atoms with van der Waals surface area (Å²) in [5.41, 5.74) is 15.4. The van der Waals surface area contributed by atoms with E-state index in [1.807, 2.05) is 24.3 Å². The molecule has 55 heavy (non-hydrogen) atoms. The maximum absolute atomic E-state index is 5.18. The molecule has 0 saturated heterocycles. The Morgan fingerprint density at radius 1 is 0.273 bits per heavy atom. The lowest BCUT2D eigenvalue weighted by Crippen LogP contribution is -1.98. The van der Waals surface area contributed by atoms with Crippen LogP contribution >= 0.6 is 0 Å². The Bertz CT molecular complexity index is 2840. The van der Waals surface area contributed by atoms with Gasteiger partial charge in [0, 0.05) is 33.2 Å². The van der Waals surface area contributed by atoms with Gasteiger partial charge in [-0.25, -0.2) is 9.97 Å². The second-order valence-corrected chi connectivity index (χ2v) is 13.9. The van der Waals surface area contributed by atoms with Crippen LogP contribution in [0.25, 0.3) is 94.8 Å². The van der Waals surface area contributed by atoms with Crippen molar-refractivity contribution in [2.75, 3.05) is 0 Å². The highest BCUT2D eigenvalue weighted by molar-refractivity contribution is 6.11. The van der Waals surface area contributed by atoms with Crippen molar-refractivity contribution in [3.8, 4) is 73.0 Å². The van der Waals surface area contributed by atoms with Crippen molar-refractivity contribution >= 4 is 21.8 Å². The molecule has 0 radical (unpaired) electrons. The van der Waals surface area contributed by atoms with Gasteiger partial charge in [-0.1, -0.05) is 170 Å². The highest BCUT2D eigenvalue weighted by Gasteiger charge is 2.17. The van der Waals surface area contributed by atoms with Crippen molar-refractivity contribution in [2.45, 2.75) is 0 Å². The van der Waals surface area contributed by atoms with E-state index >= 15 is 0 Å². The molecule has 0 amide bonds. The quantitative estimate of drug-likeness (QED) is 0.166. The molecule has 0 aliphatic carbocycles. The number of fused-ring (bicyclic) bond motifs is 3. The maximum atomic E-state index is 5.18. The summed E-state index contributed by atoms with van der Waals surface area (Å²) in [6, 6.07) is 75.2. The monoisotopic (exact) mass is 701 g/mol. The Morgan fingerprint density at radius 3 is 1.20 bits per heavy atom. The van der Waals surface area contributed by atoms with Crippen molar-refractivity contribution in [1.82, 2.24) is 14.5 Å². The molecule has 258 valence electrons. The molecule has 0 aliphatic heterocycles. The fourth-order valence-electron chi connectivity index (χ4n) is 7.65. The minimum atomic E-state index is 0.699. The Hall–Kier alpha value is -7.36. The van der Waals surface area contributed by atoms with Gasteiger partial charge in [0.25, 0.3) is 0 Å². The van der Waals surface area contributed by atoms with E-state index in [4.69, 9.17) is 9.97 Å². The first-order valence-corrected chi connectivity index (χ1v) is 18.7. The lowest BCUT2D eigenvalue weighted by molar-refractivity contribution is 1.16. The van der Waals surface area contributed by atoms with Crippen LogP contribution < -0.4 is 0 Å². The standard InChI is InChI=1S/C52H35N3/c1-5-14-36(15-6-1)39-24-26-40(27-25-39)48-35-49(54-52(53-48)41-20-11-4-12-21-41)44-22-13-23-45(32-44)55-50-30-28-42(37-16-7-2-8-17-37)33-46(50)47-34-43(29-31-51(47)55)38-18-9-3-10-19-38/h1-35H. The average Bonchev–Trinajstić information content (AvgIpc) is 3.60. The number of nitrogens with zero attached hydrogens (tertiary/aromatic N) is 3. The maximum Gasteiger partial charge on any atom is 0.160 e. The smallest absolute Gasteiger partial charge is 0.160 e. The molecule has 0 aliphatic rings. The molecule has 0 unspecified atom stereocenters. The molecule has 2 heterocycles. The van der Waals surface area contributed by atoms with Gasteiger partial charge in [-0.15, -0.1) is 0 Å². The van der Waals surface area contributed by atoms with Crippen LogP contribution in [0.15, 0.2) is 212 Å². The molecule has 0 atom stereocenters. The first-order valence-electron chi connectivity index (χ1n) is 18.7. The molecule has 10 aromatic rings. The number of rotatable bonds is 7. The summed E-state index contributed by atoms with van der Waals surface area (Å²) < 4.78 is 2.39. The molecule has 8 aromatic carbocycles. The Morgan fingerprint density at radius 2 is 0.673 bits per heavy atom. The van der Waals surface area contributed by atoms with Crippen LogP contribution in [0.2, 0.25) is 0 Å². The van der Waals surface area contributed by atoms with Gasteiger partial charge in [-0.2, -0.15) is 0 Å². The molecule has 0 N–H and O–H groups in total. The summed E-state index contributed by atoms with van der Waals surface area (Å²) in [5.74, 6) is 0.699. The number of hydrogen-bond acceptors (Lipinski definition) is 2. The number of benzene rings is 8. The van der Waals surface area contributed by atoms with Gasteiger partial charge in [0.2, 0.25) is 0 Å². The van der Waals surface area contributed by atoms with E-state index in [-0.39, 0.29) is 0 Å². The van der Waals surface area contributed by atoms with E-state index in [0.717, 1.165) is 44.8 Å². The lowest BCUT2D eigenvalue weighted by Gasteiger charge is -2.13. The van der Waals surface area contributed by atoms with Crippen molar-refractivity contribution in [3.63, 3.8) is 0 Å². The predicted molar refractivity (Wildman–Crippen MR) is 229 cm³/mol. The number of hydrogen-bond donors (Lipinski definition) is 0. The third-order valence-corrected chi connectivity index (χ3v) is 10.4. The topological polar surface area (TPSA) is 30.7 Å². The van der Waals surface area contributed by atoms with Crippen LogP contribution in [0.5, 0.6) is 0 Å². The first-order chi connectivity index (χ1) is 27.2. The van der Waals surface area contributed by atoms with E-state index in [9.17, 15) is 0 Å². The van der Waals surface area contributed by atoms with Gasteiger partial charge in [-0.3, -0.25) is 0 Å². The van der Waals surface area contributed by atoms with E-state index < -0.39 is 0 Å². The Kier molecular flexibility index (Phi) is 8.16. The van der Waals surface area contributed by atoms with Crippen molar-refractivity contribution in [3.05, 3.63) is 212 Å². The molecule has 10 rings (SSSR count). The minimum absolute atomic E-state index is 0.699. The zero-order valence-corrected chi connectivity index (χ0v) is 30.0. The molecule has 0 fully saturated rings. The van der Waals surface area contributed by atoms with E-state index in [1.165, 1.54) is 44.2 Å². The van der Waals surface area contributed by atoms with Gasteiger partial charge in [0.1, 0.15) is 0 Å². The second kappa shape index (κ2) is 13.9. The summed E-state index contributed by atoms with van der Waals surface area (Å²) in [4.78, 5) is 10.3. The molecule has 0 spiro atoms. The zero-order valence-electron chi connectivity index (χ0n) is 30.0. The zero-order chi connectivity index (χ0) is 36.6. The molecule has 2 aromatic heterocycles. The highest BCUT2D eigenvalue weighted by Crippen LogP contribution is 2.38. The minimum Gasteiger partial charge on any atom is -0.309 e. The van der Waals surface area contributed by atoms with Gasteiger partial charge in [-0.05, 0) is 75.8 Å². The molecule has 3 nitrogen and oxygen atoms in total. The SMILES string of the molecule is c1ccc(-c2ccc(-c3cc(-c4cccc(-n5c6ccc(-c7ccccc7)cc6c6cc(-c7ccccc7)ccc65)c4)nc(-c4ccccc4)n3)cc2)cc1. The summed E-state index contributed by atoms with van der Waals surface area (Å²) >= 11 is 0. The summed E-state index contributed by atoms with van der Waals surface area (Å²) in [7, 11) is 0. The molecular weight excluding hydrogens is 667 g/mol. The summed E-state index contributed by atoms with van der Waals surface area (Å²) in [6.45, 7) is 0. The number of aromatic nitrogens is 3. The van der Waals surface area contributed by atoms with Crippen molar-refractivity contribution in [1.29, 1.82) is 0 Å². The van der Waals surface area contributed by atoms with Crippen molar-refractivity contribution < 1.29 is 0 Å². The Balaban J connectivity index is 1.13. The fourth-order valence-corrected chi connectivity index (χ4v) is 7.65. The van der Waals surface area contributed by atoms with Crippen LogP contribution in [0.1, 0.15) is 0 Å². The average molecular weight is 702 g/mol. The van der Waals surface area contributed by atoms with Gasteiger partial charge in [0.15, 0.2) is 5.82 Å². The Labute approximate surface area is 320 Å². The normalized spacial score (nSPS) is 11.3. The summed E-state index contributed by atoms with van der Waals surface area (Å²) in [6.07, 6.45) is 0. The van der Waals surface area contributed by atoms with Crippen LogP contribution in [-0.2, 0) is 0 Å². The van der Waals surface area contributed by atoms with E-state index in [2.05, 4.69) is 193 Å². The van der Waals surface area contributed by atoms with E-state index in [0.29, 0.717) is 5.82 Å². The molecule has 3 heteroatoms. The van der Waals surface area contributed by atoms with Crippen LogP contribution in [-0.4, -0.2) is 14.5 Å². The highest BCUT2D eigenvalue weighted by atomic mass is 15.0. The van der Waals surface area contributed by atoms with Gasteiger partial charge < -0.3 is 4.57 Å².